The zero-order chi connectivity index (χ0) is 12.3. The molecular formula is C15H21FO. The minimum atomic E-state index is -0.149. The molecule has 1 aliphatic rings. The van der Waals surface area contributed by atoms with Crippen molar-refractivity contribution in [3.05, 3.63) is 29.6 Å². The fraction of sp³-hybridized carbons (Fsp3) is 0.600. The Morgan fingerprint density at radius 3 is 2.65 bits per heavy atom. The summed E-state index contributed by atoms with van der Waals surface area (Å²) in [5, 5.41) is 0. The van der Waals surface area contributed by atoms with Crippen LogP contribution in [0.5, 0.6) is 5.75 Å². The minimum Gasteiger partial charge on any atom is -0.493 e. The maximum Gasteiger partial charge on any atom is 0.130 e. The van der Waals surface area contributed by atoms with Crippen LogP contribution < -0.4 is 4.74 Å². The highest BCUT2D eigenvalue weighted by Gasteiger charge is 2.18. The van der Waals surface area contributed by atoms with Crippen LogP contribution in [0.15, 0.2) is 18.2 Å². The molecule has 0 spiro atoms. The molecular weight excluding hydrogens is 215 g/mol. The molecule has 1 aliphatic carbocycles. The van der Waals surface area contributed by atoms with E-state index >= 15 is 0 Å². The summed E-state index contributed by atoms with van der Waals surface area (Å²) in [7, 11) is 0. The Hall–Kier alpha value is -1.05. The molecule has 94 valence electrons. The summed E-state index contributed by atoms with van der Waals surface area (Å²) in [5.41, 5.74) is 0.713. The van der Waals surface area contributed by atoms with Crippen molar-refractivity contribution in [1.29, 1.82) is 0 Å². The van der Waals surface area contributed by atoms with E-state index in [1.165, 1.54) is 31.7 Å². The molecule has 0 bridgehead atoms. The average molecular weight is 236 g/mol. The van der Waals surface area contributed by atoms with Crippen molar-refractivity contribution in [2.24, 2.45) is 5.92 Å². The third-order valence-corrected chi connectivity index (χ3v) is 3.54. The van der Waals surface area contributed by atoms with Gasteiger partial charge in [0.15, 0.2) is 0 Å². The summed E-state index contributed by atoms with van der Waals surface area (Å²) in [6.07, 6.45) is 5.14. The Kier molecular flexibility index (Phi) is 4.03. The Morgan fingerprint density at radius 2 is 2.00 bits per heavy atom. The zero-order valence-electron chi connectivity index (χ0n) is 10.7. The van der Waals surface area contributed by atoms with E-state index in [1.54, 1.807) is 6.07 Å². The third-order valence-electron chi connectivity index (χ3n) is 3.54. The quantitative estimate of drug-likeness (QED) is 0.747. The van der Waals surface area contributed by atoms with E-state index in [9.17, 15) is 4.39 Å². The molecule has 2 rings (SSSR count). The third kappa shape index (κ3) is 2.99. The lowest BCUT2D eigenvalue weighted by molar-refractivity contribution is 0.248. The first kappa shape index (κ1) is 12.4. The van der Waals surface area contributed by atoms with Crippen LogP contribution in [0.25, 0.3) is 0 Å². The molecule has 1 aromatic rings. The zero-order valence-corrected chi connectivity index (χ0v) is 10.7. The van der Waals surface area contributed by atoms with Gasteiger partial charge in [0, 0.05) is 5.56 Å². The second kappa shape index (κ2) is 5.52. The maximum atomic E-state index is 13.7. The Balaban J connectivity index is 2.06. The molecule has 2 heteroatoms. The van der Waals surface area contributed by atoms with Gasteiger partial charge in [0.05, 0.1) is 6.61 Å². The monoisotopic (exact) mass is 236 g/mol. The topological polar surface area (TPSA) is 9.23 Å². The van der Waals surface area contributed by atoms with E-state index in [2.05, 4.69) is 0 Å². The number of hydrogen-bond donors (Lipinski definition) is 0. The van der Waals surface area contributed by atoms with Crippen LogP contribution in [0.3, 0.4) is 0 Å². The summed E-state index contributed by atoms with van der Waals surface area (Å²) in [4.78, 5) is 0. The Morgan fingerprint density at radius 1 is 1.29 bits per heavy atom. The molecule has 0 atom stereocenters. The Labute approximate surface area is 103 Å². The van der Waals surface area contributed by atoms with Gasteiger partial charge in [0.1, 0.15) is 11.6 Å². The lowest BCUT2D eigenvalue weighted by Gasteiger charge is -2.17. The van der Waals surface area contributed by atoms with Crippen molar-refractivity contribution < 1.29 is 9.13 Å². The highest BCUT2D eigenvalue weighted by molar-refractivity contribution is 5.36. The van der Waals surface area contributed by atoms with Crippen molar-refractivity contribution in [2.75, 3.05) is 6.61 Å². The van der Waals surface area contributed by atoms with Gasteiger partial charge < -0.3 is 4.74 Å². The largest absolute Gasteiger partial charge is 0.493 e. The second-order valence-corrected chi connectivity index (χ2v) is 5.27. The van der Waals surface area contributed by atoms with Gasteiger partial charge in [-0.05, 0) is 36.8 Å². The number of halogens is 1. The lowest BCUT2D eigenvalue weighted by atomic mass is 10.0. The number of rotatable bonds is 4. The molecule has 0 radical (unpaired) electrons. The van der Waals surface area contributed by atoms with Crippen molar-refractivity contribution >= 4 is 0 Å². The molecule has 0 saturated heterocycles. The first-order chi connectivity index (χ1) is 8.18. The van der Waals surface area contributed by atoms with Gasteiger partial charge in [0.25, 0.3) is 0 Å². The van der Waals surface area contributed by atoms with E-state index < -0.39 is 0 Å². The molecule has 0 heterocycles. The van der Waals surface area contributed by atoms with E-state index in [4.69, 9.17) is 4.74 Å². The van der Waals surface area contributed by atoms with Gasteiger partial charge in [-0.3, -0.25) is 0 Å². The summed E-state index contributed by atoms with van der Waals surface area (Å²) < 4.78 is 19.5. The van der Waals surface area contributed by atoms with Crippen LogP contribution in [0.4, 0.5) is 4.39 Å². The van der Waals surface area contributed by atoms with E-state index in [-0.39, 0.29) is 11.7 Å². The van der Waals surface area contributed by atoms with Gasteiger partial charge in [-0.25, -0.2) is 4.39 Å². The van der Waals surface area contributed by atoms with Crippen LogP contribution in [-0.2, 0) is 0 Å². The molecule has 1 aromatic carbocycles. The molecule has 17 heavy (non-hydrogen) atoms. The molecule has 0 aromatic heterocycles. The fourth-order valence-electron chi connectivity index (χ4n) is 2.59. The smallest absolute Gasteiger partial charge is 0.130 e. The SMILES string of the molecule is CC(C)c1c(F)cccc1OCC1CCCC1. The van der Waals surface area contributed by atoms with Crippen LogP contribution >= 0.6 is 0 Å². The highest BCUT2D eigenvalue weighted by atomic mass is 19.1. The van der Waals surface area contributed by atoms with Crippen molar-refractivity contribution in [1.82, 2.24) is 0 Å². The number of ether oxygens (including phenoxy) is 1. The maximum absolute atomic E-state index is 13.7. The van der Waals surface area contributed by atoms with E-state index in [0.717, 1.165) is 12.4 Å². The predicted octanol–water partition coefficient (Wildman–Crippen LogP) is 4.52. The first-order valence-electron chi connectivity index (χ1n) is 6.59. The van der Waals surface area contributed by atoms with Gasteiger partial charge in [0.2, 0.25) is 0 Å². The summed E-state index contributed by atoms with van der Waals surface area (Å²) in [5.74, 6) is 1.41. The number of benzene rings is 1. The van der Waals surface area contributed by atoms with Gasteiger partial charge >= 0.3 is 0 Å². The van der Waals surface area contributed by atoms with E-state index in [1.807, 2.05) is 19.9 Å². The first-order valence-corrected chi connectivity index (χ1v) is 6.59. The Bertz CT molecular complexity index is 367. The van der Waals surface area contributed by atoms with Crippen LogP contribution in [0, 0.1) is 11.7 Å². The van der Waals surface area contributed by atoms with Gasteiger partial charge in [-0.15, -0.1) is 0 Å². The predicted molar refractivity (Wildman–Crippen MR) is 67.9 cm³/mol. The average Bonchev–Trinajstić information content (AvgIpc) is 2.78. The molecule has 1 nitrogen and oxygen atoms in total. The normalized spacial score (nSPS) is 16.7. The van der Waals surface area contributed by atoms with Gasteiger partial charge in [-0.1, -0.05) is 32.8 Å². The molecule has 1 fully saturated rings. The number of hydrogen-bond acceptors (Lipinski definition) is 1. The van der Waals surface area contributed by atoms with Crippen molar-refractivity contribution in [3.63, 3.8) is 0 Å². The van der Waals surface area contributed by atoms with Crippen LogP contribution in [0.2, 0.25) is 0 Å². The van der Waals surface area contributed by atoms with Crippen molar-refractivity contribution in [3.8, 4) is 5.75 Å². The summed E-state index contributed by atoms with van der Waals surface area (Å²) in [6.45, 7) is 4.74. The molecule has 0 N–H and O–H groups in total. The molecule has 0 unspecified atom stereocenters. The second-order valence-electron chi connectivity index (χ2n) is 5.27. The highest BCUT2D eigenvalue weighted by Crippen LogP contribution is 2.31. The fourth-order valence-corrected chi connectivity index (χ4v) is 2.59. The summed E-state index contributed by atoms with van der Waals surface area (Å²) >= 11 is 0. The van der Waals surface area contributed by atoms with Gasteiger partial charge in [-0.2, -0.15) is 0 Å². The van der Waals surface area contributed by atoms with Crippen LogP contribution in [-0.4, -0.2) is 6.61 Å². The molecule has 1 saturated carbocycles. The molecule has 0 amide bonds. The summed E-state index contributed by atoms with van der Waals surface area (Å²) in [6, 6.07) is 5.12. The van der Waals surface area contributed by atoms with Crippen molar-refractivity contribution in [2.45, 2.75) is 45.4 Å². The van der Waals surface area contributed by atoms with Crippen LogP contribution in [0.1, 0.15) is 51.0 Å². The standard InChI is InChI=1S/C15H21FO/c1-11(2)15-13(16)8-5-9-14(15)17-10-12-6-3-4-7-12/h5,8-9,11-12H,3-4,6-7,10H2,1-2H3. The molecule has 0 aliphatic heterocycles. The minimum absolute atomic E-state index is 0.149. The van der Waals surface area contributed by atoms with E-state index in [0.29, 0.717) is 11.5 Å². The lowest BCUT2D eigenvalue weighted by Crippen LogP contribution is -2.10.